The molecule has 15 heavy (non-hydrogen) atoms. The van der Waals surface area contributed by atoms with Crippen molar-refractivity contribution in [2.45, 2.75) is 5.33 Å². The van der Waals surface area contributed by atoms with Gasteiger partial charge in [0.15, 0.2) is 11.6 Å². The fourth-order valence-electron chi connectivity index (χ4n) is 1.28. The number of hydrogen-bond donors (Lipinski definition) is 0. The highest BCUT2D eigenvalue weighted by molar-refractivity contribution is 9.10. The van der Waals surface area contributed by atoms with E-state index in [9.17, 15) is 8.78 Å². The van der Waals surface area contributed by atoms with Gasteiger partial charge in [-0.05, 0) is 33.6 Å². The van der Waals surface area contributed by atoms with Crippen LogP contribution in [0, 0.1) is 11.6 Å². The van der Waals surface area contributed by atoms with Crippen molar-refractivity contribution in [2.24, 2.45) is 0 Å². The standard InChI is InChI=1S/C10H5Br2F2N/c11-4-6-1-5-2-7(13)8(14)3-9(5)15-10(6)12/h1-3H,4H2. The van der Waals surface area contributed by atoms with E-state index in [1.165, 1.54) is 0 Å². The van der Waals surface area contributed by atoms with Gasteiger partial charge in [0.2, 0.25) is 0 Å². The maximum atomic E-state index is 13.0. The molecule has 0 fully saturated rings. The van der Waals surface area contributed by atoms with Gasteiger partial charge >= 0.3 is 0 Å². The van der Waals surface area contributed by atoms with Gasteiger partial charge < -0.3 is 0 Å². The fourth-order valence-corrected chi connectivity index (χ4v) is 2.53. The lowest BCUT2D eigenvalue weighted by Gasteiger charge is -2.03. The molecule has 0 bridgehead atoms. The summed E-state index contributed by atoms with van der Waals surface area (Å²) in [6.45, 7) is 0. The van der Waals surface area contributed by atoms with Gasteiger partial charge in [0.25, 0.3) is 0 Å². The van der Waals surface area contributed by atoms with Gasteiger partial charge in [-0.15, -0.1) is 0 Å². The number of hydrogen-bond acceptors (Lipinski definition) is 1. The molecule has 0 saturated carbocycles. The second kappa shape index (κ2) is 4.14. The lowest BCUT2D eigenvalue weighted by atomic mass is 10.1. The molecule has 0 saturated heterocycles. The highest BCUT2D eigenvalue weighted by Crippen LogP contribution is 2.24. The van der Waals surface area contributed by atoms with Crippen LogP contribution in [-0.4, -0.2) is 4.98 Å². The zero-order valence-corrected chi connectivity index (χ0v) is 10.6. The predicted octanol–water partition coefficient (Wildman–Crippen LogP) is 4.17. The Kier molecular flexibility index (Phi) is 3.02. The van der Waals surface area contributed by atoms with Crippen LogP contribution in [0.2, 0.25) is 0 Å². The van der Waals surface area contributed by atoms with Crippen molar-refractivity contribution >= 4 is 42.8 Å². The SMILES string of the molecule is Fc1cc2cc(CBr)c(Br)nc2cc1F. The van der Waals surface area contributed by atoms with Crippen molar-refractivity contribution in [3.05, 3.63) is 40.0 Å². The average Bonchev–Trinajstić information content (AvgIpc) is 2.20. The second-order valence-corrected chi connectivity index (χ2v) is 4.34. The molecule has 0 aliphatic rings. The van der Waals surface area contributed by atoms with Crippen LogP contribution in [0.15, 0.2) is 22.8 Å². The maximum absolute atomic E-state index is 13.0. The molecule has 1 heterocycles. The zero-order valence-electron chi connectivity index (χ0n) is 7.40. The summed E-state index contributed by atoms with van der Waals surface area (Å²) in [7, 11) is 0. The molecule has 2 rings (SSSR count). The molecule has 78 valence electrons. The van der Waals surface area contributed by atoms with Gasteiger partial charge in [-0.3, -0.25) is 0 Å². The lowest BCUT2D eigenvalue weighted by Crippen LogP contribution is -1.91. The van der Waals surface area contributed by atoms with Crippen LogP contribution in [0.25, 0.3) is 10.9 Å². The van der Waals surface area contributed by atoms with Crippen LogP contribution in [0.4, 0.5) is 8.78 Å². The van der Waals surface area contributed by atoms with Crippen molar-refractivity contribution in [3.63, 3.8) is 0 Å². The first-order chi connectivity index (χ1) is 7.11. The Morgan fingerprint density at radius 1 is 1.13 bits per heavy atom. The van der Waals surface area contributed by atoms with Gasteiger partial charge in [-0.1, -0.05) is 15.9 Å². The number of pyridine rings is 1. The molecular weight excluding hydrogens is 332 g/mol. The summed E-state index contributed by atoms with van der Waals surface area (Å²) >= 11 is 6.55. The van der Waals surface area contributed by atoms with E-state index >= 15 is 0 Å². The van der Waals surface area contributed by atoms with Crippen molar-refractivity contribution < 1.29 is 8.78 Å². The van der Waals surface area contributed by atoms with E-state index in [-0.39, 0.29) is 0 Å². The molecule has 5 heteroatoms. The molecule has 1 aromatic heterocycles. The maximum Gasteiger partial charge on any atom is 0.161 e. The smallest absolute Gasteiger partial charge is 0.161 e. The summed E-state index contributed by atoms with van der Waals surface area (Å²) in [6, 6.07) is 4.01. The van der Waals surface area contributed by atoms with E-state index in [1.807, 2.05) is 0 Å². The van der Waals surface area contributed by atoms with Crippen LogP contribution in [0.5, 0.6) is 0 Å². The quantitative estimate of drug-likeness (QED) is 0.562. The van der Waals surface area contributed by atoms with Crippen LogP contribution < -0.4 is 0 Å². The van der Waals surface area contributed by atoms with Gasteiger partial charge in [0.1, 0.15) is 4.60 Å². The Morgan fingerprint density at radius 3 is 2.47 bits per heavy atom. The summed E-state index contributed by atoms with van der Waals surface area (Å²) in [5, 5.41) is 1.20. The predicted molar refractivity (Wildman–Crippen MR) is 62.0 cm³/mol. The largest absolute Gasteiger partial charge is 0.240 e. The van der Waals surface area contributed by atoms with Crippen LogP contribution >= 0.6 is 31.9 Å². The summed E-state index contributed by atoms with van der Waals surface area (Å²) < 4.78 is 26.5. The van der Waals surface area contributed by atoms with Crippen molar-refractivity contribution in [1.82, 2.24) is 4.98 Å². The normalized spacial score (nSPS) is 10.9. The molecule has 2 aromatic rings. The first kappa shape index (κ1) is 11.0. The van der Waals surface area contributed by atoms with E-state index in [1.54, 1.807) is 6.07 Å². The minimum Gasteiger partial charge on any atom is -0.240 e. The Morgan fingerprint density at radius 2 is 1.80 bits per heavy atom. The summed E-state index contributed by atoms with van der Waals surface area (Å²) in [4.78, 5) is 4.13. The molecule has 0 spiro atoms. The summed E-state index contributed by atoms with van der Waals surface area (Å²) in [5.41, 5.74) is 1.33. The second-order valence-electron chi connectivity index (χ2n) is 3.03. The highest BCUT2D eigenvalue weighted by Gasteiger charge is 2.08. The van der Waals surface area contributed by atoms with Crippen molar-refractivity contribution in [2.75, 3.05) is 0 Å². The number of nitrogens with zero attached hydrogens (tertiary/aromatic N) is 1. The van der Waals surface area contributed by atoms with E-state index in [0.29, 0.717) is 20.8 Å². The van der Waals surface area contributed by atoms with Gasteiger partial charge in [-0.2, -0.15) is 0 Å². The monoisotopic (exact) mass is 335 g/mol. The number of alkyl halides is 1. The van der Waals surface area contributed by atoms with Gasteiger partial charge in [-0.25, -0.2) is 13.8 Å². The van der Waals surface area contributed by atoms with E-state index in [4.69, 9.17) is 0 Å². The van der Waals surface area contributed by atoms with Gasteiger partial charge in [0, 0.05) is 16.8 Å². The molecule has 0 amide bonds. The first-order valence-electron chi connectivity index (χ1n) is 4.12. The Balaban J connectivity index is 2.76. The van der Waals surface area contributed by atoms with Crippen LogP contribution in [0.3, 0.4) is 0 Å². The Hall–Kier alpha value is -0.550. The third-order valence-corrected chi connectivity index (χ3v) is 3.32. The van der Waals surface area contributed by atoms with Crippen LogP contribution in [-0.2, 0) is 5.33 Å². The number of aromatic nitrogens is 1. The first-order valence-corrected chi connectivity index (χ1v) is 6.03. The molecule has 0 aliphatic carbocycles. The van der Waals surface area contributed by atoms with Gasteiger partial charge in [0.05, 0.1) is 5.52 Å². The molecule has 0 radical (unpaired) electrons. The summed E-state index contributed by atoms with van der Waals surface area (Å²) in [6.07, 6.45) is 0. The molecule has 0 unspecified atom stereocenters. The molecule has 0 aliphatic heterocycles. The average molecular weight is 337 g/mol. The molecule has 1 aromatic carbocycles. The molecule has 1 nitrogen and oxygen atoms in total. The minimum absolute atomic E-state index is 0.436. The van der Waals surface area contributed by atoms with Crippen molar-refractivity contribution in [1.29, 1.82) is 0 Å². The van der Waals surface area contributed by atoms with Crippen molar-refractivity contribution in [3.8, 4) is 0 Å². The summed E-state index contributed by atoms with van der Waals surface area (Å²) in [5.74, 6) is -1.74. The van der Waals surface area contributed by atoms with E-state index in [2.05, 4.69) is 36.8 Å². The zero-order chi connectivity index (χ0) is 11.0. The third-order valence-electron chi connectivity index (χ3n) is 2.03. The van der Waals surface area contributed by atoms with Crippen LogP contribution in [0.1, 0.15) is 5.56 Å². The number of halogens is 4. The fraction of sp³-hybridized carbons (Fsp3) is 0.100. The van der Waals surface area contributed by atoms with E-state index < -0.39 is 11.6 Å². The number of rotatable bonds is 1. The number of benzene rings is 1. The highest BCUT2D eigenvalue weighted by atomic mass is 79.9. The third kappa shape index (κ3) is 2.03. The lowest BCUT2D eigenvalue weighted by molar-refractivity contribution is 0.510. The van der Waals surface area contributed by atoms with E-state index in [0.717, 1.165) is 17.7 Å². The molecule has 0 N–H and O–H groups in total. The molecular formula is C10H5Br2F2N. The Labute approximate surface area is 102 Å². The minimum atomic E-state index is -0.881. The topological polar surface area (TPSA) is 12.9 Å². The Bertz CT molecular complexity index is 528. The molecule has 0 atom stereocenters. The number of fused-ring (bicyclic) bond motifs is 1.